The quantitative estimate of drug-likeness (QED) is 0.461. The van der Waals surface area contributed by atoms with Gasteiger partial charge in [-0.3, -0.25) is 4.79 Å². The number of carbonyl (C=O) groups excluding carboxylic acids is 2. The summed E-state index contributed by atoms with van der Waals surface area (Å²) in [4.78, 5) is 26.6. The molecule has 3 aromatic carbocycles. The molecular weight excluding hydrogens is 378 g/mol. The zero-order chi connectivity index (χ0) is 20.9. The number of hydrogen-bond donors (Lipinski definition) is 0. The first-order valence-corrected chi connectivity index (χ1v) is 10.1. The fourth-order valence-corrected chi connectivity index (χ4v) is 4.54. The molecule has 5 heteroatoms. The van der Waals surface area contributed by atoms with E-state index in [2.05, 4.69) is 18.7 Å². The molecule has 5 nitrogen and oxygen atoms in total. The predicted molar refractivity (Wildman–Crippen MR) is 114 cm³/mol. The molecule has 0 saturated carbocycles. The monoisotopic (exact) mass is 399 g/mol. The van der Waals surface area contributed by atoms with Crippen molar-refractivity contribution in [3.05, 3.63) is 88.5 Å². The third kappa shape index (κ3) is 2.41. The van der Waals surface area contributed by atoms with E-state index in [1.807, 2.05) is 36.4 Å². The molecule has 150 valence electrons. The molecule has 0 aromatic heterocycles. The van der Waals surface area contributed by atoms with Gasteiger partial charge < -0.3 is 14.4 Å². The summed E-state index contributed by atoms with van der Waals surface area (Å²) in [7, 11) is 0. The molecule has 2 heterocycles. The number of benzene rings is 3. The van der Waals surface area contributed by atoms with Gasteiger partial charge in [0.2, 0.25) is 0 Å². The van der Waals surface area contributed by atoms with Crippen molar-refractivity contribution in [3.63, 3.8) is 0 Å². The third-order valence-corrected chi connectivity index (χ3v) is 5.98. The van der Waals surface area contributed by atoms with Crippen LogP contribution in [0.25, 0.3) is 0 Å². The smallest absolute Gasteiger partial charge is 0.340 e. The number of fused-ring (bicyclic) bond motifs is 6. The van der Waals surface area contributed by atoms with Crippen LogP contribution in [0.5, 0.6) is 11.5 Å². The van der Waals surface area contributed by atoms with Gasteiger partial charge in [0.25, 0.3) is 0 Å². The van der Waals surface area contributed by atoms with Gasteiger partial charge in [0.15, 0.2) is 5.60 Å². The van der Waals surface area contributed by atoms with Gasteiger partial charge in [-0.25, -0.2) is 4.79 Å². The fourth-order valence-electron chi connectivity index (χ4n) is 4.54. The van der Waals surface area contributed by atoms with Crippen molar-refractivity contribution in [2.45, 2.75) is 19.4 Å². The molecule has 0 radical (unpaired) electrons. The largest absolute Gasteiger partial charge is 0.456 e. The highest BCUT2D eigenvalue weighted by atomic mass is 16.6. The zero-order valence-corrected chi connectivity index (χ0v) is 16.8. The molecule has 2 aliphatic rings. The lowest BCUT2D eigenvalue weighted by Gasteiger charge is -2.37. The number of carbonyl (C=O) groups is 2. The van der Waals surface area contributed by atoms with E-state index in [1.54, 1.807) is 24.3 Å². The van der Waals surface area contributed by atoms with E-state index in [1.165, 1.54) is 0 Å². The molecule has 0 amide bonds. The van der Waals surface area contributed by atoms with Gasteiger partial charge in [0, 0.05) is 47.1 Å². The van der Waals surface area contributed by atoms with Gasteiger partial charge in [0.05, 0.1) is 5.56 Å². The van der Waals surface area contributed by atoms with Crippen LogP contribution in [0, 0.1) is 0 Å². The molecule has 3 aromatic rings. The van der Waals surface area contributed by atoms with Gasteiger partial charge in [0.1, 0.15) is 17.8 Å². The molecule has 0 bridgehead atoms. The number of rotatable bonds is 4. The van der Waals surface area contributed by atoms with Crippen molar-refractivity contribution < 1.29 is 19.1 Å². The Morgan fingerprint density at radius 1 is 0.900 bits per heavy atom. The number of hydrogen-bond acceptors (Lipinski definition) is 5. The maximum absolute atomic E-state index is 12.8. The van der Waals surface area contributed by atoms with Crippen LogP contribution in [0.2, 0.25) is 0 Å². The molecule has 0 N–H and O–H groups in total. The summed E-state index contributed by atoms with van der Waals surface area (Å²) >= 11 is 0. The molecule has 1 atom stereocenters. The van der Waals surface area contributed by atoms with Crippen LogP contribution in [0.1, 0.15) is 51.3 Å². The summed E-state index contributed by atoms with van der Waals surface area (Å²) < 4.78 is 12.4. The highest BCUT2D eigenvalue weighted by Gasteiger charge is 2.53. The lowest BCUT2D eigenvalue weighted by molar-refractivity contribution is 0.0224. The molecule has 2 aliphatic heterocycles. The van der Waals surface area contributed by atoms with Crippen LogP contribution in [0.3, 0.4) is 0 Å². The van der Waals surface area contributed by atoms with Crippen LogP contribution in [0.15, 0.2) is 60.7 Å². The van der Waals surface area contributed by atoms with Gasteiger partial charge >= 0.3 is 5.97 Å². The molecule has 1 spiro atoms. The average Bonchev–Trinajstić information content (AvgIpc) is 3.08. The van der Waals surface area contributed by atoms with Gasteiger partial charge in [-0.2, -0.15) is 0 Å². The second-order valence-electron chi connectivity index (χ2n) is 7.44. The van der Waals surface area contributed by atoms with E-state index in [-0.39, 0.29) is 5.97 Å². The van der Waals surface area contributed by atoms with E-state index in [0.29, 0.717) is 28.2 Å². The minimum absolute atomic E-state index is 0.381. The second kappa shape index (κ2) is 6.73. The Morgan fingerprint density at radius 3 is 2.47 bits per heavy atom. The van der Waals surface area contributed by atoms with Gasteiger partial charge in [-0.1, -0.05) is 18.2 Å². The van der Waals surface area contributed by atoms with Crippen molar-refractivity contribution in [2.75, 3.05) is 18.0 Å². The van der Waals surface area contributed by atoms with E-state index < -0.39 is 5.60 Å². The Balaban J connectivity index is 1.81. The topological polar surface area (TPSA) is 55.8 Å². The Bertz CT molecular complexity index is 1180. The van der Waals surface area contributed by atoms with E-state index in [0.717, 1.165) is 36.2 Å². The summed E-state index contributed by atoms with van der Waals surface area (Å²) in [5, 5.41) is 0. The fraction of sp³-hybridized carbons (Fsp3) is 0.200. The van der Waals surface area contributed by atoms with Gasteiger partial charge in [-0.15, -0.1) is 0 Å². The summed E-state index contributed by atoms with van der Waals surface area (Å²) in [5.74, 6) is 0.846. The predicted octanol–water partition coefficient (Wildman–Crippen LogP) is 4.91. The Labute approximate surface area is 174 Å². The highest BCUT2D eigenvalue weighted by Crippen LogP contribution is 2.56. The number of esters is 1. The number of ether oxygens (including phenoxy) is 2. The molecular formula is C25H21NO4. The minimum Gasteiger partial charge on any atom is -0.456 e. The number of anilines is 1. The SMILES string of the molecule is CCN(CC)c1ccc2c(c1)Oc1ccc(C=O)cc1C21OC(=O)c2ccccc21. The normalized spacial score (nSPS) is 18.1. The molecule has 5 rings (SSSR count). The summed E-state index contributed by atoms with van der Waals surface area (Å²) in [5.41, 5.74) is 3.11. The van der Waals surface area contributed by atoms with Crippen molar-refractivity contribution in [3.8, 4) is 11.5 Å². The van der Waals surface area contributed by atoms with Gasteiger partial charge in [-0.05, 0) is 50.2 Å². The van der Waals surface area contributed by atoms with Crippen LogP contribution < -0.4 is 9.64 Å². The standard InChI is InChI=1S/C25H21NO4/c1-3-26(4-2)17-10-11-20-23(14-17)29-22-12-9-16(15-27)13-21(22)25(20)19-8-6-5-7-18(19)24(28)30-25/h5-15H,3-4H2,1-2H3. The maximum atomic E-state index is 12.8. The van der Waals surface area contributed by atoms with E-state index in [9.17, 15) is 9.59 Å². The van der Waals surface area contributed by atoms with Crippen molar-refractivity contribution in [1.29, 1.82) is 0 Å². The summed E-state index contributed by atoms with van der Waals surface area (Å²) in [6.45, 7) is 5.96. The average molecular weight is 399 g/mol. The minimum atomic E-state index is -1.14. The van der Waals surface area contributed by atoms with Crippen LogP contribution in [-0.2, 0) is 10.3 Å². The Kier molecular flexibility index (Phi) is 4.13. The van der Waals surface area contributed by atoms with Crippen LogP contribution in [0.4, 0.5) is 5.69 Å². The molecule has 1 unspecified atom stereocenters. The first-order chi connectivity index (χ1) is 14.6. The lowest BCUT2D eigenvalue weighted by atomic mass is 9.77. The zero-order valence-electron chi connectivity index (χ0n) is 16.8. The molecule has 30 heavy (non-hydrogen) atoms. The van der Waals surface area contributed by atoms with Crippen molar-refractivity contribution in [1.82, 2.24) is 0 Å². The van der Waals surface area contributed by atoms with Crippen LogP contribution >= 0.6 is 0 Å². The first-order valence-electron chi connectivity index (χ1n) is 10.1. The molecule has 0 saturated heterocycles. The van der Waals surface area contributed by atoms with Crippen LogP contribution in [-0.4, -0.2) is 25.3 Å². The number of aldehydes is 1. The molecule has 0 fully saturated rings. The maximum Gasteiger partial charge on any atom is 0.340 e. The summed E-state index contributed by atoms with van der Waals surface area (Å²) in [6, 6.07) is 18.6. The first kappa shape index (κ1) is 18.4. The Morgan fingerprint density at radius 2 is 1.70 bits per heavy atom. The van der Waals surface area contributed by atoms with E-state index >= 15 is 0 Å². The second-order valence-corrected chi connectivity index (χ2v) is 7.44. The lowest BCUT2D eigenvalue weighted by Crippen LogP contribution is -2.33. The highest BCUT2D eigenvalue weighted by molar-refractivity contribution is 5.97. The molecule has 0 aliphatic carbocycles. The number of nitrogens with zero attached hydrogens (tertiary/aromatic N) is 1. The Hall–Kier alpha value is -3.60. The van der Waals surface area contributed by atoms with E-state index in [4.69, 9.17) is 9.47 Å². The third-order valence-electron chi connectivity index (χ3n) is 5.98. The summed E-state index contributed by atoms with van der Waals surface area (Å²) in [6.07, 6.45) is 0.787. The van der Waals surface area contributed by atoms with Crippen molar-refractivity contribution >= 4 is 17.9 Å². The van der Waals surface area contributed by atoms with Crippen molar-refractivity contribution in [2.24, 2.45) is 0 Å².